The van der Waals surface area contributed by atoms with Crippen LogP contribution in [-0.4, -0.2) is 83.9 Å². The zero-order chi connectivity index (χ0) is 55.9. The number of hydrogen-bond acceptors (Lipinski definition) is 6. The molecule has 2 atom stereocenters. The number of alkyl halides is 12. The third-order valence-corrected chi connectivity index (χ3v) is 9.58. The smallest absolute Gasteiger partial charge is 2.00 e. The van der Waals surface area contributed by atoms with E-state index >= 15 is 0 Å². The SMILES string of the molecule is CC#N.CC#N.FC(F)(F)c1cccc(C(F)(F)F)c1-c1ccc(CN2CCC[C@H]2[C@@H]2CCCN2Cc2ccc(-c3c(C(F)(F)F)cccc3C(F)(F)F)cn2)nc1.[F][Sb-]([F])([F])([F])([F])[F].[F][Sb-]([F])([F])([F])([F])[F].[Fe+2]. The Hall–Kier alpha value is -3.88. The molecule has 2 aromatic carbocycles. The van der Waals surface area contributed by atoms with Gasteiger partial charge in [-0.15, -0.1) is 0 Å². The molecule has 0 bridgehead atoms. The van der Waals surface area contributed by atoms with Crippen LogP contribution in [0.15, 0.2) is 73.1 Å². The molecule has 6 rings (SSSR count). The first-order chi connectivity index (χ1) is 32.0. The molecule has 2 saturated heterocycles. The second-order valence-corrected chi connectivity index (χ2v) is 26.2. The van der Waals surface area contributed by atoms with Crippen molar-refractivity contribution in [3.05, 3.63) is 107 Å². The quantitative estimate of drug-likeness (QED) is 0.135. The van der Waals surface area contributed by atoms with Gasteiger partial charge < -0.3 is 0 Å². The molecule has 0 saturated carbocycles. The third-order valence-electron chi connectivity index (χ3n) is 9.58. The average Bonchev–Trinajstić information content (AvgIpc) is 3.84. The first-order valence-electron chi connectivity index (χ1n) is 19.7. The standard InChI is InChI=1S/C36H30F12N4.2C2H3N.12FH.Fe.2Sb/c37-33(38,39)25-5-1-6-26(34(40,41)42)31(25)21-11-13-23(49-17-21)19-51-15-3-9-29(51)30-10-4-16-52(30)20-24-14-12-22(18-50-24)32-27(35(43,44)45)7-2-8-28(32)36(46,47)48;2*1-2-3;;;;;;;;;;;;;;;/h1-2,5-8,11-14,17-18,29-30H,3-4,9-10,15-16,19-20H2;2*1H3;12*1H;;;/q;;;;;;;;;;;;;;;+2;2*+5/p-12/t29-,30-;;;;;;;;;;;;;;;;;/m0................./s1. The van der Waals surface area contributed by atoms with Crippen LogP contribution in [0.25, 0.3) is 22.3 Å². The summed E-state index contributed by atoms with van der Waals surface area (Å²) in [5, 5.41) is 14.6. The van der Waals surface area contributed by atoms with E-state index in [1.807, 2.05) is 0 Å². The van der Waals surface area contributed by atoms with Gasteiger partial charge in [0.25, 0.3) is 0 Å². The number of halogens is 24. The minimum atomic E-state index is -11.2. The van der Waals surface area contributed by atoms with Gasteiger partial charge in [0.05, 0.1) is 45.8 Å². The Labute approximate surface area is 414 Å². The van der Waals surface area contributed by atoms with Crippen molar-refractivity contribution in [2.75, 3.05) is 13.1 Å². The van der Waals surface area contributed by atoms with Crippen LogP contribution in [0.5, 0.6) is 0 Å². The van der Waals surface area contributed by atoms with E-state index in [1.165, 1.54) is 38.1 Å². The Morgan fingerprint density at radius 2 is 0.712 bits per heavy atom. The number of aromatic nitrogens is 2. The molecule has 2 aromatic heterocycles. The molecule has 412 valence electrons. The Morgan fingerprint density at radius 1 is 0.479 bits per heavy atom. The van der Waals surface area contributed by atoms with E-state index in [1.54, 1.807) is 12.1 Å². The number of hydrogen-bond donors (Lipinski definition) is 0. The molecule has 2 aliphatic heterocycles. The van der Waals surface area contributed by atoms with Crippen molar-refractivity contribution in [2.24, 2.45) is 0 Å². The van der Waals surface area contributed by atoms with Crippen molar-refractivity contribution < 1.29 is 104 Å². The fraction of sp³-hybridized carbons (Fsp3) is 0.400. The topological polar surface area (TPSA) is 79.8 Å². The second-order valence-electron chi connectivity index (χ2n) is 15.2. The van der Waals surface area contributed by atoms with Crippen LogP contribution in [0.1, 0.15) is 73.2 Å². The molecule has 0 radical (unpaired) electrons. The summed E-state index contributed by atoms with van der Waals surface area (Å²) in [5.74, 6) is 0. The summed E-state index contributed by atoms with van der Waals surface area (Å²) >= 11 is -22.5. The van der Waals surface area contributed by atoms with Crippen LogP contribution >= 0.6 is 0 Å². The fourth-order valence-corrected chi connectivity index (χ4v) is 7.39. The van der Waals surface area contributed by atoms with E-state index in [4.69, 9.17) is 10.5 Å². The van der Waals surface area contributed by atoms with Gasteiger partial charge >= 0.3 is 114 Å². The first-order valence-corrected chi connectivity index (χ1v) is 31.3. The normalized spacial score (nSPS) is 18.5. The predicted molar refractivity (Wildman–Crippen MR) is 214 cm³/mol. The van der Waals surface area contributed by atoms with Crippen molar-refractivity contribution in [1.29, 1.82) is 10.5 Å². The molecule has 4 aromatic rings. The summed E-state index contributed by atoms with van der Waals surface area (Å²) in [4.78, 5) is 12.8. The summed E-state index contributed by atoms with van der Waals surface area (Å²) < 4.78 is 284. The third kappa shape index (κ3) is 25.5. The van der Waals surface area contributed by atoms with E-state index in [9.17, 15) is 86.4 Å². The Kier molecular flexibility index (Phi) is 20.9. The first kappa shape index (κ1) is 67.1. The monoisotopic (exact) mass is 1350 g/mol. The molecule has 0 N–H and O–H groups in total. The van der Waals surface area contributed by atoms with Gasteiger partial charge in [-0.1, -0.05) is 24.3 Å². The Morgan fingerprint density at radius 3 is 0.904 bits per heavy atom. The van der Waals surface area contributed by atoms with Crippen molar-refractivity contribution in [3.63, 3.8) is 0 Å². The van der Waals surface area contributed by atoms with Gasteiger partial charge in [0.2, 0.25) is 0 Å². The van der Waals surface area contributed by atoms with E-state index in [2.05, 4.69) is 19.8 Å². The maximum Gasteiger partial charge on any atom is 2.00 e. The summed E-state index contributed by atoms with van der Waals surface area (Å²) in [7, 11) is 0. The number of rotatable bonds is 7. The second kappa shape index (κ2) is 22.8. The number of likely N-dealkylation sites (tertiary alicyclic amines) is 2. The van der Waals surface area contributed by atoms with Gasteiger partial charge in [-0.05, 0) is 75.2 Å². The van der Waals surface area contributed by atoms with E-state index < -0.39 is 97.0 Å². The van der Waals surface area contributed by atoms with E-state index in [0.29, 0.717) is 60.9 Å². The van der Waals surface area contributed by atoms with Crippen molar-refractivity contribution in [2.45, 2.75) is 89.4 Å². The largest absolute Gasteiger partial charge is 2.00 e. The van der Waals surface area contributed by atoms with Crippen LogP contribution in [0, 0.1) is 22.7 Å². The minimum absolute atomic E-state index is 0. The van der Waals surface area contributed by atoms with Crippen LogP contribution in [0.3, 0.4) is 0 Å². The van der Waals surface area contributed by atoms with Gasteiger partial charge in [0.1, 0.15) is 0 Å². The van der Waals surface area contributed by atoms with Gasteiger partial charge in [-0.25, -0.2) is 0 Å². The number of nitriles is 2. The summed E-state index contributed by atoms with van der Waals surface area (Å²) in [6.45, 7) is 4.77. The minimum Gasteiger partial charge on any atom is 2.00 e. The van der Waals surface area contributed by atoms with Gasteiger partial charge in [0, 0.05) is 73.7 Å². The number of benzene rings is 2. The van der Waals surface area contributed by atoms with Crippen molar-refractivity contribution in [3.8, 4) is 34.4 Å². The number of nitrogens with zero attached hydrogens (tertiary/aromatic N) is 6. The summed E-state index contributed by atoms with van der Waals surface area (Å²) in [6, 6.07) is 12.6. The molecule has 4 heterocycles. The molecule has 0 amide bonds. The molecular weight excluding hydrogens is 1320 g/mol. The van der Waals surface area contributed by atoms with Crippen molar-refractivity contribution in [1.82, 2.24) is 19.8 Å². The molecule has 0 aliphatic carbocycles. The average molecular weight is 1360 g/mol. The van der Waals surface area contributed by atoms with Crippen LogP contribution in [0.2, 0.25) is 0 Å². The molecule has 73 heavy (non-hydrogen) atoms. The van der Waals surface area contributed by atoms with Gasteiger partial charge in [-0.2, -0.15) is 63.2 Å². The van der Waals surface area contributed by atoms with Crippen molar-refractivity contribution >= 4 is 39.0 Å². The molecule has 0 spiro atoms. The van der Waals surface area contributed by atoms with Gasteiger partial charge in [0.15, 0.2) is 0 Å². The fourth-order valence-electron chi connectivity index (χ4n) is 7.39. The van der Waals surface area contributed by atoms with Crippen LogP contribution < -0.4 is 0 Å². The van der Waals surface area contributed by atoms with E-state index in [0.717, 1.165) is 38.1 Å². The van der Waals surface area contributed by atoms with Crippen LogP contribution in [-0.2, 0) is 54.9 Å². The zero-order valence-electron chi connectivity index (χ0n) is 36.7. The molecular formula is C40H36F24FeN6Sb2. The summed E-state index contributed by atoms with van der Waals surface area (Å²) in [6.07, 6.45) is -14.8. The van der Waals surface area contributed by atoms with E-state index in [-0.39, 0.29) is 53.4 Å². The molecule has 2 fully saturated rings. The predicted octanol–water partition coefficient (Wildman–Crippen LogP) is 15.9. The molecule has 6 nitrogen and oxygen atoms in total. The maximum atomic E-state index is 13.7. The molecule has 33 heteroatoms. The Bertz CT molecular complexity index is 2270. The zero-order valence-corrected chi connectivity index (χ0v) is 43.0. The number of pyridine rings is 2. The van der Waals surface area contributed by atoms with Gasteiger partial charge in [-0.3, -0.25) is 19.8 Å². The Balaban J connectivity index is 0.00000108. The maximum absolute atomic E-state index is 13.7. The van der Waals surface area contributed by atoms with Crippen LogP contribution in [0.4, 0.5) is 86.4 Å². The molecule has 2 aliphatic rings. The summed E-state index contributed by atoms with van der Waals surface area (Å²) in [5.41, 5.74) is -7.39. The molecule has 0 unspecified atom stereocenters.